The van der Waals surface area contributed by atoms with Gasteiger partial charge in [0.05, 0.1) is 0 Å². The maximum atomic E-state index is 13.7. The number of halogens is 1. The third-order valence-electron chi connectivity index (χ3n) is 2.25. The summed E-state index contributed by atoms with van der Waals surface area (Å²) >= 11 is 0. The van der Waals surface area contributed by atoms with Gasteiger partial charge < -0.3 is 4.74 Å². The molecule has 0 bridgehead atoms. The van der Waals surface area contributed by atoms with E-state index < -0.39 is 6.10 Å². The highest BCUT2D eigenvalue weighted by Crippen LogP contribution is 2.17. The SMILES string of the molecule is CCCC(OC)/C(F)=C/c1ccccc1. The minimum Gasteiger partial charge on any atom is -0.374 e. The lowest BCUT2D eigenvalue weighted by Gasteiger charge is -2.11. The second-order valence-electron chi connectivity index (χ2n) is 3.45. The number of ether oxygens (including phenoxy) is 1. The van der Waals surface area contributed by atoms with Gasteiger partial charge in [0.25, 0.3) is 0 Å². The van der Waals surface area contributed by atoms with Gasteiger partial charge in [0.1, 0.15) is 11.9 Å². The van der Waals surface area contributed by atoms with Gasteiger partial charge >= 0.3 is 0 Å². The van der Waals surface area contributed by atoms with Gasteiger partial charge in [-0.05, 0) is 18.1 Å². The van der Waals surface area contributed by atoms with Crippen LogP contribution in [0.4, 0.5) is 4.39 Å². The van der Waals surface area contributed by atoms with Crippen molar-refractivity contribution in [2.45, 2.75) is 25.9 Å². The van der Waals surface area contributed by atoms with Gasteiger partial charge in [-0.3, -0.25) is 0 Å². The van der Waals surface area contributed by atoms with Crippen LogP contribution in [0.3, 0.4) is 0 Å². The quantitative estimate of drug-likeness (QED) is 0.715. The lowest BCUT2D eigenvalue weighted by Crippen LogP contribution is -2.10. The molecule has 0 N–H and O–H groups in total. The smallest absolute Gasteiger partial charge is 0.129 e. The van der Waals surface area contributed by atoms with Crippen molar-refractivity contribution in [2.24, 2.45) is 0 Å². The lowest BCUT2D eigenvalue weighted by molar-refractivity contribution is 0.106. The number of hydrogen-bond acceptors (Lipinski definition) is 1. The molecule has 1 rings (SSSR count). The average Bonchev–Trinajstić information content (AvgIpc) is 2.27. The summed E-state index contributed by atoms with van der Waals surface area (Å²) in [6.45, 7) is 2.02. The van der Waals surface area contributed by atoms with E-state index in [1.807, 2.05) is 37.3 Å². The zero-order valence-corrected chi connectivity index (χ0v) is 9.24. The molecule has 1 atom stereocenters. The van der Waals surface area contributed by atoms with Crippen LogP contribution in [0, 0.1) is 0 Å². The van der Waals surface area contributed by atoms with Gasteiger partial charge in [0.15, 0.2) is 0 Å². The van der Waals surface area contributed by atoms with Crippen LogP contribution in [0.5, 0.6) is 0 Å². The Kier molecular flexibility index (Phi) is 5.05. The van der Waals surface area contributed by atoms with E-state index in [0.29, 0.717) is 6.42 Å². The van der Waals surface area contributed by atoms with Crippen LogP contribution in [0.2, 0.25) is 0 Å². The fourth-order valence-corrected chi connectivity index (χ4v) is 1.43. The Bertz CT molecular complexity index is 306. The maximum Gasteiger partial charge on any atom is 0.129 e. The molecule has 1 nitrogen and oxygen atoms in total. The molecule has 0 spiro atoms. The first-order chi connectivity index (χ1) is 7.27. The van der Waals surface area contributed by atoms with Gasteiger partial charge in [0, 0.05) is 7.11 Å². The van der Waals surface area contributed by atoms with Crippen molar-refractivity contribution in [1.82, 2.24) is 0 Å². The highest BCUT2D eigenvalue weighted by molar-refractivity contribution is 5.51. The zero-order chi connectivity index (χ0) is 11.1. The molecular weight excluding hydrogens is 191 g/mol. The summed E-state index contributed by atoms with van der Waals surface area (Å²) in [5.74, 6) is -0.203. The molecule has 0 amide bonds. The van der Waals surface area contributed by atoms with E-state index in [9.17, 15) is 4.39 Å². The monoisotopic (exact) mass is 208 g/mol. The summed E-state index contributed by atoms with van der Waals surface area (Å²) in [7, 11) is 1.54. The zero-order valence-electron chi connectivity index (χ0n) is 9.24. The highest BCUT2D eigenvalue weighted by Gasteiger charge is 2.11. The van der Waals surface area contributed by atoms with Crippen molar-refractivity contribution in [2.75, 3.05) is 7.11 Å². The molecule has 1 aromatic rings. The molecular formula is C13H17FO. The summed E-state index contributed by atoms with van der Waals surface area (Å²) in [6.07, 6.45) is 2.75. The summed E-state index contributed by atoms with van der Waals surface area (Å²) in [5.41, 5.74) is 0.869. The van der Waals surface area contributed by atoms with Gasteiger partial charge in [0.2, 0.25) is 0 Å². The first-order valence-corrected chi connectivity index (χ1v) is 5.22. The van der Waals surface area contributed by atoms with E-state index in [1.54, 1.807) is 7.11 Å². The molecule has 15 heavy (non-hydrogen) atoms. The Morgan fingerprint density at radius 3 is 2.60 bits per heavy atom. The lowest BCUT2D eigenvalue weighted by atomic mass is 10.1. The van der Waals surface area contributed by atoms with Gasteiger partial charge in [-0.15, -0.1) is 0 Å². The largest absolute Gasteiger partial charge is 0.374 e. The predicted octanol–water partition coefficient (Wildman–Crippen LogP) is 3.81. The first kappa shape index (κ1) is 11.9. The van der Waals surface area contributed by atoms with Crippen LogP contribution in [0.15, 0.2) is 36.2 Å². The summed E-state index contributed by atoms with van der Waals surface area (Å²) in [5, 5.41) is 0. The third-order valence-corrected chi connectivity index (χ3v) is 2.25. The normalized spacial score (nSPS) is 13.9. The molecule has 0 aliphatic carbocycles. The molecule has 0 radical (unpaired) electrons. The Morgan fingerprint density at radius 2 is 2.07 bits per heavy atom. The fourth-order valence-electron chi connectivity index (χ4n) is 1.43. The standard InChI is InChI=1S/C13H17FO/c1-3-7-13(15-2)12(14)10-11-8-5-4-6-9-11/h4-6,8-10,13H,3,7H2,1-2H3/b12-10-. The van der Waals surface area contributed by atoms with E-state index in [4.69, 9.17) is 4.74 Å². The van der Waals surface area contributed by atoms with Crippen LogP contribution < -0.4 is 0 Å². The second kappa shape index (κ2) is 6.36. The third kappa shape index (κ3) is 3.84. The molecule has 0 heterocycles. The van der Waals surface area contributed by atoms with E-state index >= 15 is 0 Å². The molecule has 0 fully saturated rings. The topological polar surface area (TPSA) is 9.23 Å². The predicted molar refractivity (Wildman–Crippen MR) is 61.2 cm³/mol. The van der Waals surface area contributed by atoms with Crippen molar-refractivity contribution < 1.29 is 9.13 Å². The van der Waals surface area contributed by atoms with E-state index in [2.05, 4.69) is 0 Å². The number of methoxy groups -OCH3 is 1. The summed E-state index contributed by atoms with van der Waals surface area (Å²) in [4.78, 5) is 0. The Morgan fingerprint density at radius 1 is 1.40 bits per heavy atom. The summed E-state index contributed by atoms with van der Waals surface area (Å²) in [6, 6.07) is 9.44. The Labute approximate surface area is 90.6 Å². The van der Waals surface area contributed by atoms with E-state index in [1.165, 1.54) is 6.08 Å². The Hall–Kier alpha value is -1.15. The van der Waals surface area contributed by atoms with Crippen molar-refractivity contribution in [3.8, 4) is 0 Å². The second-order valence-corrected chi connectivity index (χ2v) is 3.45. The van der Waals surface area contributed by atoms with Gasteiger partial charge in [-0.2, -0.15) is 0 Å². The minimum atomic E-state index is -0.407. The molecule has 0 aromatic heterocycles. The van der Waals surface area contributed by atoms with E-state index in [0.717, 1.165) is 12.0 Å². The molecule has 0 aliphatic rings. The minimum absolute atomic E-state index is 0.203. The van der Waals surface area contributed by atoms with Gasteiger partial charge in [-0.25, -0.2) is 4.39 Å². The average molecular weight is 208 g/mol. The fraction of sp³-hybridized carbons (Fsp3) is 0.385. The van der Waals surface area contributed by atoms with Crippen LogP contribution >= 0.6 is 0 Å². The number of benzene rings is 1. The van der Waals surface area contributed by atoms with Crippen molar-refractivity contribution in [3.05, 3.63) is 41.7 Å². The van der Waals surface area contributed by atoms with E-state index in [-0.39, 0.29) is 5.83 Å². The molecule has 2 heteroatoms. The molecule has 1 unspecified atom stereocenters. The maximum absolute atomic E-state index is 13.7. The molecule has 0 aliphatic heterocycles. The summed E-state index contributed by atoms with van der Waals surface area (Å²) < 4.78 is 18.8. The van der Waals surface area contributed by atoms with Crippen LogP contribution in [0.1, 0.15) is 25.3 Å². The van der Waals surface area contributed by atoms with Crippen LogP contribution in [-0.2, 0) is 4.74 Å². The van der Waals surface area contributed by atoms with Crippen molar-refractivity contribution in [1.29, 1.82) is 0 Å². The number of hydrogen-bond donors (Lipinski definition) is 0. The molecule has 0 saturated carbocycles. The van der Waals surface area contributed by atoms with Crippen LogP contribution in [-0.4, -0.2) is 13.2 Å². The highest BCUT2D eigenvalue weighted by atomic mass is 19.1. The van der Waals surface area contributed by atoms with Gasteiger partial charge in [-0.1, -0.05) is 43.7 Å². The van der Waals surface area contributed by atoms with Crippen molar-refractivity contribution in [3.63, 3.8) is 0 Å². The van der Waals surface area contributed by atoms with Crippen LogP contribution in [0.25, 0.3) is 6.08 Å². The molecule has 0 saturated heterocycles. The molecule has 1 aromatic carbocycles. The van der Waals surface area contributed by atoms with Crippen molar-refractivity contribution >= 4 is 6.08 Å². The molecule has 82 valence electrons. The first-order valence-electron chi connectivity index (χ1n) is 5.22. The number of rotatable bonds is 5. The Balaban J connectivity index is 2.73.